The lowest BCUT2D eigenvalue weighted by molar-refractivity contribution is -0.118. The smallest absolute Gasteiger partial charge is 0.229 e. The number of aliphatic hydroxyl groups excluding tert-OH is 2. The minimum atomic E-state index is -0.743. The quantitative estimate of drug-likeness (QED) is 0.485. The number of nitrogens with one attached hydrogen (secondary N) is 1. The average Bonchev–Trinajstić information content (AvgIpc) is 2.27. The van der Waals surface area contributed by atoms with E-state index in [1.54, 1.807) is 0 Å². The number of hydrogen-bond acceptors (Lipinski definition) is 5. The SMILES string of the molecule is CC(C)OCCCNC(=O)CSCC(O)CO. The van der Waals surface area contributed by atoms with Crippen molar-refractivity contribution >= 4 is 17.7 Å². The molecule has 102 valence electrons. The van der Waals surface area contributed by atoms with Gasteiger partial charge in [-0.05, 0) is 20.3 Å². The summed E-state index contributed by atoms with van der Waals surface area (Å²) < 4.78 is 5.33. The van der Waals surface area contributed by atoms with Crippen LogP contribution in [-0.2, 0) is 9.53 Å². The second-order valence-electron chi connectivity index (χ2n) is 3.97. The van der Waals surface area contributed by atoms with Crippen LogP contribution in [0.5, 0.6) is 0 Å². The van der Waals surface area contributed by atoms with Crippen molar-refractivity contribution in [3.8, 4) is 0 Å². The predicted octanol–water partition coefficient (Wildman–Crippen LogP) is 0.00410. The first-order chi connectivity index (χ1) is 8.06. The Morgan fingerprint density at radius 1 is 1.47 bits per heavy atom. The summed E-state index contributed by atoms with van der Waals surface area (Å²) in [6.45, 7) is 4.94. The van der Waals surface area contributed by atoms with Gasteiger partial charge in [-0.3, -0.25) is 4.79 Å². The summed E-state index contributed by atoms with van der Waals surface area (Å²) in [7, 11) is 0. The maximum Gasteiger partial charge on any atom is 0.229 e. The van der Waals surface area contributed by atoms with Gasteiger partial charge in [-0.2, -0.15) is 0 Å². The van der Waals surface area contributed by atoms with E-state index >= 15 is 0 Å². The first kappa shape index (κ1) is 16.7. The van der Waals surface area contributed by atoms with Crippen molar-refractivity contribution < 1.29 is 19.7 Å². The predicted molar refractivity (Wildman–Crippen MR) is 69.1 cm³/mol. The molecule has 0 heterocycles. The van der Waals surface area contributed by atoms with Crippen molar-refractivity contribution in [2.45, 2.75) is 32.5 Å². The van der Waals surface area contributed by atoms with Crippen LogP contribution in [0.15, 0.2) is 0 Å². The number of amides is 1. The van der Waals surface area contributed by atoms with Crippen molar-refractivity contribution in [1.29, 1.82) is 0 Å². The molecule has 0 aliphatic heterocycles. The average molecular weight is 265 g/mol. The summed E-state index contributed by atoms with van der Waals surface area (Å²) in [6.07, 6.45) is 0.280. The number of thioether (sulfide) groups is 1. The highest BCUT2D eigenvalue weighted by Crippen LogP contribution is 2.01. The molecule has 1 amide bonds. The Kier molecular flexibility index (Phi) is 10.6. The molecule has 5 nitrogen and oxygen atoms in total. The Hall–Kier alpha value is -0.300. The molecular weight excluding hydrogens is 242 g/mol. The molecule has 1 unspecified atom stereocenters. The minimum absolute atomic E-state index is 0.0512. The Balaban J connectivity index is 3.29. The first-order valence-corrected chi connectivity index (χ1v) is 6.96. The van der Waals surface area contributed by atoms with Crippen LogP contribution in [0.1, 0.15) is 20.3 Å². The van der Waals surface area contributed by atoms with E-state index < -0.39 is 6.10 Å². The zero-order valence-corrected chi connectivity index (χ0v) is 11.3. The fourth-order valence-electron chi connectivity index (χ4n) is 1.01. The molecule has 6 heteroatoms. The van der Waals surface area contributed by atoms with Gasteiger partial charge < -0.3 is 20.3 Å². The first-order valence-electron chi connectivity index (χ1n) is 5.81. The molecule has 3 N–H and O–H groups in total. The fraction of sp³-hybridized carbons (Fsp3) is 0.909. The largest absolute Gasteiger partial charge is 0.394 e. The minimum Gasteiger partial charge on any atom is -0.394 e. The molecule has 0 aromatic carbocycles. The Morgan fingerprint density at radius 3 is 2.76 bits per heavy atom. The van der Waals surface area contributed by atoms with Crippen molar-refractivity contribution in [2.24, 2.45) is 0 Å². The zero-order valence-electron chi connectivity index (χ0n) is 10.5. The molecule has 0 aromatic rings. The molecule has 0 rings (SSSR count). The van der Waals surface area contributed by atoms with Crippen LogP contribution >= 0.6 is 11.8 Å². The summed E-state index contributed by atoms with van der Waals surface area (Å²) in [5.74, 6) is 0.632. The van der Waals surface area contributed by atoms with E-state index in [0.29, 0.717) is 24.7 Å². The van der Waals surface area contributed by atoms with Gasteiger partial charge in [-0.25, -0.2) is 0 Å². The van der Waals surface area contributed by atoms with Gasteiger partial charge in [0.1, 0.15) is 0 Å². The van der Waals surface area contributed by atoms with E-state index in [-0.39, 0.29) is 18.6 Å². The van der Waals surface area contributed by atoms with Crippen molar-refractivity contribution in [2.75, 3.05) is 31.3 Å². The van der Waals surface area contributed by atoms with E-state index in [0.717, 1.165) is 6.42 Å². The highest BCUT2D eigenvalue weighted by Gasteiger charge is 2.05. The lowest BCUT2D eigenvalue weighted by Crippen LogP contribution is -2.28. The zero-order chi connectivity index (χ0) is 13.1. The van der Waals surface area contributed by atoms with E-state index in [9.17, 15) is 4.79 Å². The van der Waals surface area contributed by atoms with Gasteiger partial charge in [-0.15, -0.1) is 11.8 Å². The summed E-state index contributed by atoms with van der Waals surface area (Å²) in [5.41, 5.74) is 0. The molecule has 0 aromatic heterocycles. The third-order valence-electron chi connectivity index (χ3n) is 1.85. The maximum absolute atomic E-state index is 11.3. The molecule has 1 atom stereocenters. The topological polar surface area (TPSA) is 78.8 Å². The van der Waals surface area contributed by atoms with Crippen LogP contribution in [0.2, 0.25) is 0 Å². The number of carbonyl (C=O) groups is 1. The Morgan fingerprint density at radius 2 is 2.18 bits per heavy atom. The van der Waals surface area contributed by atoms with Crippen LogP contribution in [0.25, 0.3) is 0 Å². The summed E-state index contributed by atoms with van der Waals surface area (Å²) in [4.78, 5) is 11.3. The maximum atomic E-state index is 11.3. The van der Waals surface area contributed by atoms with Gasteiger partial charge in [0, 0.05) is 18.9 Å². The number of carbonyl (C=O) groups excluding carboxylic acids is 1. The second-order valence-corrected chi connectivity index (χ2v) is 5.00. The van der Waals surface area contributed by atoms with Gasteiger partial charge in [0.2, 0.25) is 5.91 Å². The van der Waals surface area contributed by atoms with Gasteiger partial charge in [-0.1, -0.05) is 0 Å². The van der Waals surface area contributed by atoms with Crippen LogP contribution in [0.4, 0.5) is 0 Å². The van der Waals surface area contributed by atoms with Gasteiger partial charge in [0.15, 0.2) is 0 Å². The number of aliphatic hydroxyl groups is 2. The molecule has 17 heavy (non-hydrogen) atoms. The molecular formula is C11H23NO4S. The van der Waals surface area contributed by atoms with Gasteiger partial charge in [0.05, 0.1) is 24.6 Å². The van der Waals surface area contributed by atoms with Crippen molar-refractivity contribution in [1.82, 2.24) is 5.32 Å². The third kappa shape index (κ3) is 12.0. The van der Waals surface area contributed by atoms with Crippen LogP contribution in [-0.4, -0.2) is 59.6 Å². The highest BCUT2D eigenvalue weighted by molar-refractivity contribution is 7.99. The standard InChI is InChI=1S/C11H23NO4S/c1-9(2)16-5-3-4-12-11(15)8-17-7-10(14)6-13/h9-10,13-14H,3-8H2,1-2H3,(H,12,15). The molecule has 0 saturated carbocycles. The molecule has 0 spiro atoms. The third-order valence-corrected chi connectivity index (χ3v) is 2.94. The van der Waals surface area contributed by atoms with E-state index in [4.69, 9.17) is 14.9 Å². The lowest BCUT2D eigenvalue weighted by Gasteiger charge is -2.09. The number of hydrogen-bond donors (Lipinski definition) is 3. The molecule has 0 fully saturated rings. The molecule has 0 bridgehead atoms. The Bertz CT molecular complexity index is 202. The Labute approximate surface area is 107 Å². The van der Waals surface area contributed by atoms with E-state index in [2.05, 4.69) is 5.32 Å². The van der Waals surface area contributed by atoms with Gasteiger partial charge in [0.25, 0.3) is 0 Å². The van der Waals surface area contributed by atoms with E-state index in [1.165, 1.54) is 11.8 Å². The van der Waals surface area contributed by atoms with Crippen LogP contribution < -0.4 is 5.32 Å². The molecule has 0 saturated heterocycles. The molecule has 0 aliphatic carbocycles. The molecule has 0 radical (unpaired) electrons. The van der Waals surface area contributed by atoms with E-state index in [1.807, 2.05) is 13.8 Å². The second kappa shape index (κ2) is 10.8. The van der Waals surface area contributed by atoms with Crippen molar-refractivity contribution in [3.63, 3.8) is 0 Å². The summed E-state index contributed by atoms with van der Waals surface area (Å²) in [6, 6.07) is 0. The fourth-order valence-corrected chi connectivity index (χ4v) is 1.79. The van der Waals surface area contributed by atoms with Crippen molar-refractivity contribution in [3.05, 3.63) is 0 Å². The summed E-state index contributed by atoms with van der Waals surface area (Å²) >= 11 is 1.31. The monoisotopic (exact) mass is 265 g/mol. The van der Waals surface area contributed by atoms with Crippen LogP contribution in [0.3, 0.4) is 0 Å². The summed E-state index contributed by atoms with van der Waals surface area (Å²) in [5, 5.41) is 20.4. The normalized spacial score (nSPS) is 12.8. The number of rotatable bonds is 10. The highest BCUT2D eigenvalue weighted by atomic mass is 32.2. The van der Waals surface area contributed by atoms with Gasteiger partial charge >= 0.3 is 0 Å². The lowest BCUT2D eigenvalue weighted by atomic mass is 10.4. The van der Waals surface area contributed by atoms with Crippen LogP contribution in [0, 0.1) is 0 Å². The molecule has 0 aliphatic rings. The number of ether oxygens (including phenoxy) is 1.